The summed E-state index contributed by atoms with van der Waals surface area (Å²) in [7, 11) is 0. The van der Waals surface area contributed by atoms with Crippen molar-refractivity contribution in [3.8, 4) is 0 Å². The molecule has 0 atom stereocenters. The van der Waals surface area contributed by atoms with Gasteiger partial charge in [-0.2, -0.15) is 0 Å². The minimum Gasteiger partial charge on any atom is -0.283 e. The first-order chi connectivity index (χ1) is 5.41. The molecule has 1 heteroatoms. The standard InChI is InChI=1S/C11H17N/c1-10(2)6-5-9-12-11(3,4)8-7-10/h5-9H,1-4H3/b6-5-,8-7?,12-9?. The van der Waals surface area contributed by atoms with Crippen LogP contribution in [0.1, 0.15) is 27.7 Å². The molecule has 0 aliphatic carbocycles. The SMILES string of the molecule is CC1(C)C=CC(C)(C)N=C/C=C\1. The number of allylic oxidation sites excluding steroid dienone is 3. The van der Waals surface area contributed by atoms with Crippen LogP contribution in [0.15, 0.2) is 29.3 Å². The summed E-state index contributed by atoms with van der Waals surface area (Å²) in [5.74, 6) is 0. The highest BCUT2D eigenvalue weighted by atomic mass is 14.8. The Kier molecular flexibility index (Phi) is 2.22. The van der Waals surface area contributed by atoms with Crippen LogP contribution in [0.25, 0.3) is 0 Å². The van der Waals surface area contributed by atoms with Crippen molar-refractivity contribution in [3.63, 3.8) is 0 Å². The van der Waals surface area contributed by atoms with E-state index in [1.165, 1.54) is 0 Å². The zero-order chi connectivity index (χ0) is 9.24. The van der Waals surface area contributed by atoms with Gasteiger partial charge in [-0.05, 0) is 19.9 Å². The van der Waals surface area contributed by atoms with Crippen LogP contribution in [-0.4, -0.2) is 11.8 Å². The molecule has 0 aromatic carbocycles. The summed E-state index contributed by atoms with van der Waals surface area (Å²) in [5.41, 5.74) is 0.103. The van der Waals surface area contributed by atoms with Crippen molar-refractivity contribution in [2.45, 2.75) is 33.2 Å². The van der Waals surface area contributed by atoms with E-state index in [1.54, 1.807) is 0 Å². The Morgan fingerprint density at radius 2 is 1.58 bits per heavy atom. The third-order valence-electron chi connectivity index (χ3n) is 1.94. The lowest BCUT2D eigenvalue weighted by atomic mass is 9.89. The maximum atomic E-state index is 4.38. The van der Waals surface area contributed by atoms with Gasteiger partial charge in [-0.25, -0.2) is 0 Å². The summed E-state index contributed by atoms with van der Waals surface area (Å²) >= 11 is 0. The molecule has 0 bridgehead atoms. The fourth-order valence-electron chi connectivity index (χ4n) is 1.04. The van der Waals surface area contributed by atoms with E-state index in [0.29, 0.717) is 0 Å². The van der Waals surface area contributed by atoms with Gasteiger partial charge in [-0.15, -0.1) is 0 Å². The van der Waals surface area contributed by atoms with Crippen LogP contribution in [0.5, 0.6) is 0 Å². The van der Waals surface area contributed by atoms with Gasteiger partial charge in [0, 0.05) is 11.6 Å². The number of nitrogens with zero attached hydrogens (tertiary/aromatic N) is 1. The summed E-state index contributed by atoms with van der Waals surface area (Å²) in [6, 6.07) is 0. The molecule has 0 N–H and O–H groups in total. The summed E-state index contributed by atoms with van der Waals surface area (Å²) in [5, 5.41) is 0. The topological polar surface area (TPSA) is 12.4 Å². The second-order valence-electron chi connectivity index (χ2n) is 4.45. The van der Waals surface area contributed by atoms with E-state index < -0.39 is 0 Å². The van der Waals surface area contributed by atoms with Crippen molar-refractivity contribution in [1.29, 1.82) is 0 Å². The molecule has 0 aromatic heterocycles. The number of aliphatic imine (C=N–C) groups is 1. The molecule has 12 heavy (non-hydrogen) atoms. The molecular formula is C11H17N. The number of hydrogen-bond donors (Lipinski definition) is 0. The zero-order valence-corrected chi connectivity index (χ0v) is 8.33. The lowest BCUT2D eigenvalue weighted by molar-refractivity contribution is 0.593. The van der Waals surface area contributed by atoms with Gasteiger partial charge in [0.1, 0.15) is 0 Å². The van der Waals surface area contributed by atoms with Crippen molar-refractivity contribution in [1.82, 2.24) is 0 Å². The van der Waals surface area contributed by atoms with Crippen LogP contribution >= 0.6 is 0 Å². The fourth-order valence-corrected chi connectivity index (χ4v) is 1.04. The van der Waals surface area contributed by atoms with E-state index >= 15 is 0 Å². The van der Waals surface area contributed by atoms with Crippen LogP contribution < -0.4 is 0 Å². The molecule has 66 valence electrons. The van der Waals surface area contributed by atoms with Gasteiger partial charge in [0.05, 0.1) is 5.54 Å². The van der Waals surface area contributed by atoms with Gasteiger partial charge in [-0.3, -0.25) is 4.99 Å². The van der Waals surface area contributed by atoms with E-state index in [-0.39, 0.29) is 11.0 Å². The lowest BCUT2D eigenvalue weighted by Gasteiger charge is -2.21. The average molecular weight is 163 g/mol. The van der Waals surface area contributed by atoms with Crippen LogP contribution in [0.3, 0.4) is 0 Å². The van der Waals surface area contributed by atoms with Crippen molar-refractivity contribution >= 4 is 6.21 Å². The number of rotatable bonds is 0. The second-order valence-corrected chi connectivity index (χ2v) is 4.45. The third kappa shape index (κ3) is 2.65. The minimum atomic E-state index is -0.0535. The normalized spacial score (nSPS) is 27.7. The monoisotopic (exact) mass is 163 g/mol. The van der Waals surface area contributed by atoms with Gasteiger partial charge in [-0.1, -0.05) is 32.1 Å². The van der Waals surface area contributed by atoms with Gasteiger partial charge >= 0.3 is 0 Å². The highest BCUT2D eigenvalue weighted by Gasteiger charge is 2.15. The highest BCUT2D eigenvalue weighted by molar-refractivity contribution is 5.72. The summed E-state index contributed by atoms with van der Waals surface area (Å²) in [6.45, 7) is 8.59. The minimum absolute atomic E-state index is 0.0535. The van der Waals surface area contributed by atoms with Crippen LogP contribution in [0.4, 0.5) is 0 Å². The largest absolute Gasteiger partial charge is 0.283 e. The summed E-state index contributed by atoms with van der Waals surface area (Å²) in [4.78, 5) is 4.38. The Morgan fingerprint density at radius 3 is 2.25 bits per heavy atom. The van der Waals surface area contributed by atoms with E-state index in [9.17, 15) is 0 Å². The van der Waals surface area contributed by atoms with Gasteiger partial charge in [0.15, 0.2) is 0 Å². The van der Waals surface area contributed by atoms with Crippen LogP contribution in [0, 0.1) is 5.41 Å². The van der Waals surface area contributed by atoms with Crippen molar-refractivity contribution in [2.75, 3.05) is 0 Å². The molecular weight excluding hydrogens is 146 g/mol. The molecule has 0 unspecified atom stereocenters. The first-order valence-corrected chi connectivity index (χ1v) is 4.35. The van der Waals surface area contributed by atoms with Crippen LogP contribution in [0.2, 0.25) is 0 Å². The molecule has 1 aliphatic heterocycles. The maximum Gasteiger partial charge on any atom is 0.0731 e. The quantitative estimate of drug-likeness (QED) is 0.487. The van der Waals surface area contributed by atoms with Crippen molar-refractivity contribution < 1.29 is 0 Å². The van der Waals surface area contributed by atoms with E-state index in [0.717, 1.165) is 0 Å². The Balaban J connectivity index is 2.97. The molecule has 0 aromatic rings. The Labute approximate surface area is 74.9 Å². The predicted molar refractivity (Wildman–Crippen MR) is 54.6 cm³/mol. The molecule has 1 nitrogen and oxygen atoms in total. The van der Waals surface area contributed by atoms with Crippen LogP contribution in [-0.2, 0) is 0 Å². The predicted octanol–water partition coefficient (Wildman–Crippen LogP) is 2.99. The molecule has 0 spiro atoms. The average Bonchev–Trinajstić information content (AvgIpc) is 1.94. The Hall–Kier alpha value is -0.850. The summed E-state index contributed by atoms with van der Waals surface area (Å²) in [6.07, 6.45) is 10.4. The Morgan fingerprint density at radius 1 is 0.917 bits per heavy atom. The Bertz CT molecular complexity index is 216. The molecule has 0 saturated carbocycles. The maximum absolute atomic E-state index is 4.38. The molecule has 1 aliphatic rings. The summed E-state index contributed by atoms with van der Waals surface area (Å²) < 4.78 is 0. The molecule has 0 amide bonds. The van der Waals surface area contributed by atoms with E-state index in [2.05, 4.69) is 50.9 Å². The third-order valence-corrected chi connectivity index (χ3v) is 1.94. The second kappa shape index (κ2) is 2.89. The molecule has 1 heterocycles. The van der Waals surface area contributed by atoms with E-state index in [1.807, 2.05) is 12.3 Å². The number of hydrogen-bond acceptors (Lipinski definition) is 1. The zero-order valence-electron chi connectivity index (χ0n) is 8.33. The fraction of sp³-hybridized carbons (Fsp3) is 0.545. The van der Waals surface area contributed by atoms with Crippen molar-refractivity contribution in [2.24, 2.45) is 10.4 Å². The molecule has 1 rings (SSSR count). The van der Waals surface area contributed by atoms with Gasteiger partial charge in [0.2, 0.25) is 0 Å². The van der Waals surface area contributed by atoms with Gasteiger partial charge in [0.25, 0.3) is 0 Å². The molecule has 0 radical (unpaired) electrons. The first-order valence-electron chi connectivity index (χ1n) is 4.35. The lowest BCUT2D eigenvalue weighted by Crippen LogP contribution is -2.16. The highest BCUT2D eigenvalue weighted by Crippen LogP contribution is 2.23. The van der Waals surface area contributed by atoms with E-state index in [4.69, 9.17) is 0 Å². The molecule has 0 fully saturated rings. The first kappa shape index (κ1) is 9.24. The molecule has 0 saturated heterocycles. The smallest absolute Gasteiger partial charge is 0.0731 e. The van der Waals surface area contributed by atoms with Crippen molar-refractivity contribution in [3.05, 3.63) is 24.3 Å². The van der Waals surface area contributed by atoms with Gasteiger partial charge < -0.3 is 0 Å².